The van der Waals surface area contributed by atoms with Gasteiger partial charge in [0.2, 0.25) is 0 Å². The first-order valence-electron chi connectivity index (χ1n) is 34.2. The van der Waals surface area contributed by atoms with Crippen LogP contribution in [0.15, 0.2) is 34.5 Å². The fourth-order valence-electron chi connectivity index (χ4n) is 12.2. The van der Waals surface area contributed by atoms with Crippen LogP contribution in [-0.2, 0) is 60.1 Å². The van der Waals surface area contributed by atoms with Crippen LogP contribution in [0.1, 0.15) is 188 Å². The van der Waals surface area contributed by atoms with E-state index in [0.29, 0.717) is 38.7 Å². The van der Waals surface area contributed by atoms with E-state index in [2.05, 4.69) is 222 Å². The van der Waals surface area contributed by atoms with Gasteiger partial charge in [0, 0.05) is 45.1 Å². The molecule has 0 aromatic heterocycles. The number of ketones is 1. The lowest BCUT2D eigenvalue weighted by Crippen LogP contribution is -2.69. The molecule has 5 heterocycles. The fraction of sp³-hybridized carbons (Fsp3) is 0.886. The molecule has 5 aliphatic heterocycles. The minimum Gasteiger partial charge on any atom is -0.414 e. The van der Waals surface area contributed by atoms with Gasteiger partial charge < -0.3 is 55.3 Å². The molecule has 0 aromatic carbocycles. The Hall–Kier alpha value is -0.0656. The molecular formula is C70H131IO13Si5. The summed E-state index contributed by atoms with van der Waals surface area (Å²) in [6.45, 7) is 69.2. The summed E-state index contributed by atoms with van der Waals surface area (Å²) in [5, 5.41) is -0.270. The average Bonchev–Trinajstić information content (AvgIpc) is 1.32. The highest BCUT2D eigenvalue weighted by molar-refractivity contribution is 14.1. The maximum absolute atomic E-state index is 15.4. The lowest BCUT2D eigenvalue weighted by Gasteiger charge is -2.56. The van der Waals surface area contributed by atoms with Gasteiger partial charge in [-0.1, -0.05) is 147 Å². The number of rotatable bonds is 28. The molecule has 5 aliphatic rings. The van der Waals surface area contributed by atoms with E-state index in [1.807, 2.05) is 0 Å². The minimum atomic E-state index is -2.50. The zero-order valence-corrected chi connectivity index (χ0v) is 68.5. The number of aldehydes is 1. The number of hydrogen-bond donors (Lipinski definition) is 0. The third-order valence-corrected chi connectivity index (χ3v) is 46.1. The lowest BCUT2D eigenvalue weighted by molar-refractivity contribution is -0.266. The van der Waals surface area contributed by atoms with Crippen LogP contribution < -0.4 is 0 Å². The van der Waals surface area contributed by atoms with E-state index in [-0.39, 0.29) is 117 Å². The largest absolute Gasteiger partial charge is 0.414 e. The number of methoxy groups -OCH3 is 1. The SMILES string of the molecule is C=C1C[C@H](CCC=O)OC1CC[C@H]1C[C@@H](C)C(=C)C(CC2O[C@H](C[C@@H](CO[Si](C)(C)C(C)(C)C)O[Si](C)(C)C(C)(C)C)[C@H](OC)[C@H]2CC(=O)C[C@H]2CC[C@@H]3OC(C(/C=C/I)O[Si](C)(C)C(C)(C)C)C(O[Si](C)(C)C(C)(C)C)C(O[Si](C)(C)C(C)(C)C)[C@H]3O2)O1. The maximum atomic E-state index is 15.4. The van der Waals surface area contributed by atoms with E-state index in [4.69, 9.17) is 50.6 Å². The lowest BCUT2D eigenvalue weighted by atomic mass is 9.81. The van der Waals surface area contributed by atoms with Crippen molar-refractivity contribution >= 4 is 76.2 Å². The number of hydrogen-bond acceptors (Lipinski definition) is 13. The number of fused-ring (bicyclic) bond motifs is 1. The van der Waals surface area contributed by atoms with Crippen LogP contribution in [0.2, 0.25) is 90.7 Å². The van der Waals surface area contributed by atoms with Gasteiger partial charge >= 0.3 is 0 Å². The normalized spacial score (nSPS) is 31.8. The molecule has 19 heteroatoms. The summed E-state index contributed by atoms with van der Waals surface area (Å²) < 4.78 is 81.7. The van der Waals surface area contributed by atoms with E-state index in [0.717, 1.165) is 49.5 Å². The van der Waals surface area contributed by atoms with Crippen LogP contribution in [0.3, 0.4) is 0 Å². The van der Waals surface area contributed by atoms with Gasteiger partial charge in [0.15, 0.2) is 41.6 Å². The van der Waals surface area contributed by atoms with Crippen LogP contribution in [0.4, 0.5) is 0 Å². The second kappa shape index (κ2) is 30.8. The Morgan fingerprint density at radius 3 is 1.72 bits per heavy atom. The van der Waals surface area contributed by atoms with Crippen LogP contribution in [0, 0.1) is 11.8 Å². The predicted molar refractivity (Wildman–Crippen MR) is 386 cm³/mol. The van der Waals surface area contributed by atoms with Gasteiger partial charge in [-0.3, -0.25) is 4.79 Å². The molecule has 0 amide bonds. The van der Waals surface area contributed by atoms with Crippen LogP contribution in [0.5, 0.6) is 0 Å². The highest BCUT2D eigenvalue weighted by atomic mass is 127. The van der Waals surface area contributed by atoms with Crippen molar-refractivity contribution in [1.29, 1.82) is 0 Å². The van der Waals surface area contributed by atoms with Crippen LogP contribution >= 0.6 is 22.6 Å². The zero-order chi connectivity index (χ0) is 67.6. The summed E-state index contributed by atoms with van der Waals surface area (Å²) in [5.41, 5.74) is 2.15. The first-order valence-corrected chi connectivity index (χ1v) is 50.0. The van der Waals surface area contributed by atoms with Gasteiger partial charge in [0.25, 0.3) is 0 Å². The van der Waals surface area contributed by atoms with Gasteiger partial charge in [-0.2, -0.15) is 0 Å². The van der Waals surface area contributed by atoms with Gasteiger partial charge in [-0.25, -0.2) is 0 Å². The van der Waals surface area contributed by atoms with Crippen molar-refractivity contribution in [3.05, 3.63) is 34.5 Å². The molecule has 0 saturated carbocycles. The molecular weight excluding hydrogens is 1320 g/mol. The molecule has 0 aromatic rings. The highest BCUT2D eigenvalue weighted by Gasteiger charge is 2.59. The number of carbonyl (C=O) groups excluding carboxylic acids is 2. The van der Waals surface area contributed by atoms with Crippen molar-refractivity contribution < 1.29 is 60.1 Å². The number of ether oxygens (including phenoxy) is 6. The fourth-order valence-corrected chi connectivity index (χ4v) is 18.8. The van der Waals surface area contributed by atoms with Gasteiger partial charge in [0.05, 0.1) is 73.8 Å². The van der Waals surface area contributed by atoms with Gasteiger partial charge in [-0.05, 0) is 163 Å². The third kappa shape index (κ3) is 20.5. The Balaban J connectivity index is 1.51. The van der Waals surface area contributed by atoms with Gasteiger partial charge in [-0.15, -0.1) is 0 Å². The van der Waals surface area contributed by atoms with E-state index in [1.54, 1.807) is 7.11 Å². The monoisotopic (exact) mass is 1450 g/mol. The minimum absolute atomic E-state index is 0.0158. The van der Waals surface area contributed by atoms with Crippen molar-refractivity contribution in [3.63, 3.8) is 0 Å². The summed E-state index contributed by atoms with van der Waals surface area (Å²) in [6, 6.07) is 0. The predicted octanol–water partition coefficient (Wildman–Crippen LogP) is 18.2. The maximum Gasteiger partial charge on any atom is 0.193 e. The second-order valence-electron chi connectivity index (χ2n) is 35.2. The van der Waals surface area contributed by atoms with Crippen molar-refractivity contribution in [1.82, 2.24) is 0 Å². The molecule has 13 nitrogen and oxygen atoms in total. The molecule has 0 bridgehead atoms. The summed E-state index contributed by atoms with van der Waals surface area (Å²) in [5.74, 6) is 0.0514. The van der Waals surface area contributed by atoms with Crippen molar-refractivity contribution in [2.45, 2.75) is 370 Å². The quantitative estimate of drug-likeness (QED) is 0.0318. The number of Topliss-reactive ketones (excluding diaryl/α,β-unsaturated/α-hetero) is 1. The Bertz CT molecular complexity index is 2360. The molecule has 5 fully saturated rings. The van der Waals surface area contributed by atoms with E-state index in [1.165, 1.54) is 0 Å². The first kappa shape index (κ1) is 79.6. The summed E-state index contributed by atoms with van der Waals surface area (Å²) in [7, 11) is -10.0. The topological polar surface area (TPSA) is 136 Å². The Morgan fingerprint density at radius 2 is 1.18 bits per heavy atom. The van der Waals surface area contributed by atoms with E-state index < -0.39 is 72.1 Å². The van der Waals surface area contributed by atoms with Crippen molar-refractivity contribution in [2.24, 2.45) is 11.8 Å². The summed E-state index contributed by atoms with van der Waals surface area (Å²) >= 11 is 2.32. The Morgan fingerprint density at radius 1 is 0.629 bits per heavy atom. The summed E-state index contributed by atoms with van der Waals surface area (Å²) in [6.07, 6.45) is 5.88. The van der Waals surface area contributed by atoms with E-state index in [9.17, 15) is 4.79 Å². The number of carbonyl (C=O) groups is 2. The smallest absolute Gasteiger partial charge is 0.193 e. The number of halogens is 1. The molecule has 7 unspecified atom stereocenters. The molecule has 0 aliphatic carbocycles. The third-order valence-electron chi connectivity index (χ3n) is 23.2. The van der Waals surface area contributed by atoms with Crippen molar-refractivity contribution in [3.8, 4) is 0 Å². The Kier molecular flexibility index (Phi) is 27.5. The molecule has 0 N–H and O–H groups in total. The van der Waals surface area contributed by atoms with Gasteiger partial charge in [0.1, 0.15) is 36.5 Å². The van der Waals surface area contributed by atoms with Crippen molar-refractivity contribution in [2.75, 3.05) is 13.7 Å². The molecule has 89 heavy (non-hydrogen) atoms. The highest BCUT2D eigenvalue weighted by Crippen LogP contribution is 2.50. The molecule has 516 valence electrons. The second-order valence-corrected chi connectivity index (χ2v) is 59.8. The molecule has 0 spiro atoms. The first-order chi connectivity index (χ1) is 40.5. The molecule has 0 radical (unpaired) electrons. The Labute approximate surface area is 562 Å². The molecule has 17 atom stereocenters. The van der Waals surface area contributed by atoms with E-state index >= 15 is 4.79 Å². The molecule has 5 rings (SSSR count). The molecule has 5 saturated heterocycles. The zero-order valence-electron chi connectivity index (χ0n) is 61.3. The standard InChI is InChI=1S/C70H131IO13Si5/c1-46-39-51(32-34-55-47(2)40-50(76-55)31-30-38-72)77-58(48(46)3)44-59-54(61(74-19)60(79-59)43-53(81-86(22,23)67(7,8)9)45-75-85(20,21)66(4,5)6)42-49(73)41-52-33-35-56-62(78-52)64(83-88(26,27)69(13,14)15)65(84-89(28,29)70(16,17)18)63(80-56)57(36-37-71)82-87(24,25)68(10,11)12/h36-38,46,50-65H,2-3,30-35,39-45H2,1,4-29H3/b37-36+/t46-,50+,51+,52-,53+,54+,55?,56+,57?,58?,59?,60-,61-,62+,63?,64?,65?/m1/s1. The summed E-state index contributed by atoms with van der Waals surface area (Å²) in [4.78, 5) is 26.6. The van der Waals surface area contributed by atoms with Crippen LogP contribution in [0.25, 0.3) is 0 Å². The average molecular weight is 1450 g/mol. The van der Waals surface area contributed by atoms with Crippen LogP contribution in [-0.4, -0.2) is 159 Å².